The first kappa shape index (κ1) is 13.5. The van der Waals surface area contributed by atoms with Crippen molar-refractivity contribution in [2.24, 2.45) is 0 Å². The first-order valence-electron chi connectivity index (χ1n) is 6.16. The zero-order valence-corrected chi connectivity index (χ0v) is 11.6. The number of ether oxygens (including phenoxy) is 1. The monoisotopic (exact) mass is 269 g/mol. The van der Waals surface area contributed by atoms with Crippen LogP contribution in [0.3, 0.4) is 0 Å². The lowest BCUT2D eigenvalue weighted by Crippen LogP contribution is -2.51. The van der Waals surface area contributed by atoms with E-state index in [1.165, 1.54) is 0 Å². The Morgan fingerprint density at radius 3 is 2.61 bits per heavy atom. The highest BCUT2D eigenvalue weighted by Gasteiger charge is 2.33. The van der Waals surface area contributed by atoms with Gasteiger partial charge >= 0.3 is 0 Å². The van der Waals surface area contributed by atoms with Crippen molar-refractivity contribution in [1.82, 2.24) is 4.31 Å². The molecule has 1 aromatic carbocycles. The van der Waals surface area contributed by atoms with Gasteiger partial charge in [-0.05, 0) is 19.4 Å². The summed E-state index contributed by atoms with van der Waals surface area (Å²) >= 11 is 0. The molecule has 0 aliphatic carbocycles. The van der Waals surface area contributed by atoms with Gasteiger partial charge in [-0.2, -0.15) is 4.31 Å². The fourth-order valence-corrected chi connectivity index (χ4v) is 3.98. The summed E-state index contributed by atoms with van der Waals surface area (Å²) in [5.41, 5.74) is 0.823. The largest absolute Gasteiger partial charge is 0.375 e. The first-order chi connectivity index (χ1) is 8.50. The Labute approximate surface area is 109 Å². The molecule has 100 valence electrons. The molecule has 0 N–H and O–H groups in total. The van der Waals surface area contributed by atoms with Gasteiger partial charge in [-0.1, -0.05) is 30.3 Å². The minimum Gasteiger partial charge on any atom is -0.375 e. The Morgan fingerprint density at radius 1 is 1.28 bits per heavy atom. The van der Waals surface area contributed by atoms with Gasteiger partial charge in [0.2, 0.25) is 10.0 Å². The molecule has 0 amide bonds. The second kappa shape index (κ2) is 5.38. The molecule has 0 saturated carbocycles. The van der Waals surface area contributed by atoms with Crippen LogP contribution in [0.25, 0.3) is 0 Å². The Kier molecular flexibility index (Phi) is 4.04. The van der Waals surface area contributed by atoms with E-state index in [1.807, 2.05) is 44.2 Å². The van der Waals surface area contributed by atoms with Crippen LogP contribution < -0.4 is 0 Å². The molecule has 1 saturated heterocycles. The third-order valence-corrected chi connectivity index (χ3v) is 5.30. The number of nitrogens with zero attached hydrogens (tertiary/aromatic N) is 1. The molecular weight excluding hydrogens is 250 g/mol. The standard InChI is InChI=1S/C13H19NO3S/c1-11-12(2)17-9-8-14(11)18(15,16)10-13-6-4-3-5-7-13/h3-7,11-12H,8-10H2,1-2H3. The minimum atomic E-state index is -3.27. The second-order valence-corrected chi connectivity index (χ2v) is 6.59. The molecule has 1 aromatic rings. The topological polar surface area (TPSA) is 46.6 Å². The molecule has 5 heteroatoms. The summed E-state index contributed by atoms with van der Waals surface area (Å²) < 4.78 is 31.8. The molecule has 2 rings (SSSR count). The predicted molar refractivity (Wildman–Crippen MR) is 70.6 cm³/mol. The van der Waals surface area contributed by atoms with Gasteiger partial charge in [0.1, 0.15) is 0 Å². The molecule has 4 nitrogen and oxygen atoms in total. The van der Waals surface area contributed by atoms with Crippen LogP contribution in [-0.2, 0) is 20.5 Å². The van der Waals surface area contributed by atoms with E-state index in [-0.39, 0.29) is 17.9 Å². The van der Waals surface area contributed by atoms with Crippen molar-refractivity contribution in [2.45, 2.75) is 31.7 Å². The fraction of sp³-hybridized carbons (Fsp3) is 0.538. The quantitative estimate of drug-likeness (QED) is 0.838. The van der Waals surface area contributed by atoms with E-state index in [0.29, 0.717) is 13.2 Å². The molecule has 18 heavy (non-hydrogen) atoms. The highest BCUT2D eigenvalue weighted by atomic mass is 32.2. The fourth-order valence-electron chi connectivity index (χ4n) is 2.17. The van der Waals surface area contributed by atoms with Gasteiger partial charge in [-0.3, -0.25) is 0 Å². The van der Waals surface area contributed by atoms with Crippen molar-refractivity contribution in [1.29, 1.82) is 0 Å². The van der Waals surface area contributed by atoms with Gasteiger partial charge in [-0.25, -0.2) is 8.42 Å². The highest BCUT2D eigenvalue weighted by molar-refractivity contribution is 7.88. The van der Waals surface area contributed by atoms with Crippen molar-refractivity contribution in [3.05, 3.63) is 35.9 Å². The molecule has 0 radical (unpaired) electrons. The zero-order chi connectivity index (χ0) is 13.2. The maximum absolute atomic E-state index is 12.4. The van der Waals surface area contributed by atoms with Crippen LogP contribution in [0.4, 0.5) is 0 Å². The number of benzene rings is 1. The van der Waals surface area contributed by atoms with Crippen LogP contribution in [0, 0.1) is 0 Å². The van der Waals surface area contributed by atoms with E-state index in [0.717, 1.165) is 5.56 Å². The van der Waals surface area contributed by atoms with Gasteiger partial charge in [0.25, 0.3) is 0 Å². The third kappa shape index (κ3) is 2.91. The highest BCUT2D eigenvalue weighted by Crippen LogP contribution is 2.20. The van der Waals surface area contributed by atoms with Crippen LogP contribution in [0.1, 0.15) is 19.4 Å². The molecular formula is C13H19NO3S. The molecule has 1 aliphatic rings. The SMILES string of the molecule is CC1OCCN(S(=O)(=O)Cc2ccccc2)C1C. The van der Waals surface area contributed by atoms with Gasteiger partial charge in [0, 0.05) is 12.6 Å². The van der Waals surface area contributed by atoms with Crippen LogP contribution in [0.5, 0.6) is 0 Å². The van der Waals surface area contributed by atoms with E-state index in [9.17, 15) is 8.42 Å². The first-order valence-corrected chi connectivity index (χ1v) is 7.76. The number of morpholine rings is 1. The van der Waals surface area contributed by atoms with Crippen LogP contribution >= 0.6 is 0 Å². The van der Waals surface area contributed by atoms with E-state index in [4.69, 9.17) is 4.74 Å². The molecule has 0 aromatic heterocycles. The number of hydrogen-bond acceptors (Lipinski definition) is 3. The summed E-state index contributed by atoms with van der Waals surface area (Å²) in [6, 6.07) is 9.17. The normalized spacial score (nSPS) is 26.1. The molecule has 2 atom stereocenters. The summed E-state index contributed by atoms with van der Waals surface area (Å²) in [5.74, 6) is 0.0604. The summed E-state index contributed by atoms with van der Waals surface area (Å²) in [5, 5.41) is 0. The summed E-state index contributed by atoms with van der Waals surface area (Å²) in [4.78, 5) is 0. The maximum Gasteiger partial charge on any atom is 0.218 e. The van der Waals surface area contributed by atoms with Crippen molar-refractivity contribution in [2.75, 3.05) is 13.2 Å². The Bertz CT molecular complexity index is 486. The van der Waals surface area contributed by atoms with Gasteiger partial charge in [0.05, 0.1) is 18.5 Å². The molecule has 2 unspecified atom stereocenters. The Hall–Kier alpha value is -0.910. The lowest BCUT2D eigenvalue weighted by Gasteiger charge is -2.36. The molecule has 1 heterocycles. The molecule has 0 bridgehead atoms. The van der Waals surface area contributed by atoms with E-state index >= 15 is 0 Å². The van der Waals surface area contributed by atoms with E-state index in [1.54, 1.807) is 4.31 Å². The summed E-state index contributed by atoms with van der Waals surface area (Å²) in [6.45, 7) is 4.72. The number of hydrogen-bond donors (Lipinski definition) is 0. The maximum atomic E-state index is 12.4. The lowest BCUT2D eigenvalue weighted by molar-refractivity contribution is -0.0232. The Morgan fingerprint density at radius 2 is 1.94 bits per heavy atom. The summed E-state index contributed by atoms with van der Waals surface area (Å²) in [7, 11) is -3.27. The second-order valence-electron chi connectivity index (χ2n) is 4.67. The molecule has 0 spiro atoms. The van der Waals surface area contributed by atoms with Crippen LogP contribution in [-0.4, -0.2) is 38.0 Å². The number of sulfonamides is 1. The van der Waals surface area contributed by atoms with Crippen LogP contribution in [0.2, 0.25) is 0 Å². The minimum absolute atomic E-state index is 0.0516. The average Bonchev–Trinajstić information content (AvgIpc) is 2.33. The predicted octanol–water partition coefficient (Wildman–Crippen LogP) is 1.63. The van der Waals surface area contributed by atoms with Crippen LogP contribution in [0.15, 0.2) is 30.3 Å². The molecule has 1 fully saturated rings. The number of rotatable bonds is 3. The zero-order valence-electron chi connectivity index (χ0n) is 10.7. The van der Waals surface area contributed by atoms with Crippen molar-refractivity contribution in [3.63, 3.8) is 0 Å². The van der Waals surface area contributed by atoms with E-state index in [2.05, 4.69) is 0 Å². The van der Waals surface area contributed by atoms with Gasteiger partial charge < -0.3 is 4.74 Å². The van der Waals surface area contributed by atoms with Crippen molar-refractivity contribution < 1.29 is 13.2 Å². The van der Waals surface area contributed by atoms with Crippen molar-refractivity contribution in [3.8, 4) is 0 Å². The Balaban J connectivity index is 2.16. The molecule has 1 aliphatic heterocycles. The van der Waals surface area contributed by atoms with Gasteiger partial charge in [0.15, 0.2) is 0 Å². The van der Waals surface area contributed by atoms with Crippen molar-refractivity contribution >= 4 is 10.0 Å². The smallest absolute Gasteiger partial charge is 0.218 e. The summed E-state index contributed by atoms with van der Waals surface area (Å²) in [6.07, 6.45) is -0.0516. The lowest BCUT2D eigenvalue weighted by atomic mass is 10.2. The van der Waals surface area contributed by atoms with E-state index < -0.39 is 10.0 Å². The van der Waals surface area contributed by atoms with Gasteiger partial charge in [-0.15, -0.1) is 0 Å². The third-order valence-electron chi connectivity index (χ3n) is 3.38. The average molecular weight is 269 g/mol.